The van der Waals surface area contributed by atoms with Crippen LogP contribution in [0.15, 0.2) is 23.2 Å². The second-order valence-electron chi connectivity index (χ2n) is 7.32. The van der Waals surface area contributed by atoms with Crippen molar-refractivity contribution >= 4 is 35.6 Å². The molecule has 1 aliphatic heterocycles. The van der Waals surface area contributed by atoms with Crippen molar-refractivity contribution in [2.24, 2.45) is 12.0 Å². The van der Waals surface area contributed by atoms with Crippen molar-refractivity contribution in [2.45, 2.75) is 19.9 Å². The Kier molecular flexibility index (Phi) is 11.0. The Morgan fingerprint density at radius 1 is 1.16 bits per heavy atom. The fourth-order valence-corrected chi connectivity index (χ4v) is 3.26. The van der Waals surface area contributed by atoms with E-state index in [1.807, 2.05) is 36.7 Å². The molecule has 10 nitrogen and oxygen atoms in total. The molecule has 0 spiro atoms. The van der Waals surface area contributed by atoms with Crippen LogP contribution in [0.1, 0.15) is 18.1 Å². The van der Waals surface area contributed by atoms with Gasteiger partial charge in [-0.15, -0.1) is 34.2 Å². The monoisotopic (exact) mass is 559 g/mol. The van der Waals surface area contributed by atoms with Gasteiger partial charge >= 0.3 is 0 Å². The van der Waals surface area contributed by atoms with Gasteiger partial charge in [-0.3, -0.25) is 4.90 Å². The number of aliphatic imine (C=N–C) groups is 1. The summed E-state index contributed by atoms with van der Waals surface area (Å²) in [6.07, 6.45) is 1.01. The fourth-order valence-electron chi connectivity index (χ4n) is 3.26. The summed E-state index contributed by atoms with van der Waals surface area (Å²) < 4.78 is 18.1. The average molecular weight is 559 g/mol. The lowest BCUT2D eigenvalue weighted by molar-refractivity contribution is 0.0376. The largest absolute Gasteiger partial charge is 0.493 e. The first-order valence-corrected chi connectivity index (χ1v) is 10.5. The minimum absolute atomic E-state index is 0. The van der Waals surface area contributed by atoms with Gasteiger partial charge in [-0.25, -0.2) is 4.99 Å². The molecule has 178 valence electrons. The molecular formula is C21H34IN7O3. The van der Waals surface area contributed by atoms with Gasteiger partial charge in [0.25, 0.3) is 0 Å². The summed E-state index contributed by atoms with van der Waals surface area (Å²) in [5.74, 6) is 3.68. The molecule has 0 unspecified atom stereocenters. The predicted molar refractivity (Wildman–Crippen MR) is 135 cm³/mol. The topological polar surface area (TPSA) is 98.1 Å². The third-order valence-electron chi connectivity index (χ3n) is 5.25. The Morgan fingerprint density at radius 2 is 1.91 bits per heavy atom. The Balaban J connectivity index is 0.00000363. The van der Waals surface area contributed by atoms with Gasteiger partial charge in [0.1, 0.15) is 12.4 Å². The summed E-state index contributed by atoms with van der Waals surface area (Å²) in [4.78, 5) is 7.13. The van der Waals surface area contributed by atoms with E-state index in [4.69, 9.17) is 19.2 Å². The maximum atomic E-state index is 5.41. The van der Waals surface area contributed by atoms with Crippen molar-refractivity contribution in [2.75, 3.05) is 58.9 Å². The Labute approximate surface area is 206 Å². The summed E-state index contributed by atoms with van der Waals surface area (Å²) in [5.41, 5.74) is 0.853. The van der Waals surface area contributed by atoms with Crippen LogP contribution in [0.2, 0.25) is 0 Å². The zero-order valence-electron chi connectivity index (χ0n) is 19.3. The van der Waals surface area contributed by atoms with Crippen LogP contribution in [-0.4, -0.2) is 79.2 Å². The van der Waals surface area contributed by atoms with Crippen molar-refractivity contribution in [1.29, 1.82) is 0 Å². The zero-order chi connectivity index (χ0) is 22.1. The Bertz CT molecular complexity index is 869. The van der Waals surface area contributed by atoms with Crippen LogP contribution in [0, 0.1) is 6.92 Å². The minimum atomic E-state index is 0. The molecule has 0 atom stereocenters. The van der Waals surface area contributed by atoms with Gasteiger partial charge in [-0.1, -0.05) is 0 Å². The number of benzene rings is 1. The normalized spacial score (nSPS) is 14.6. The first kappa shape index (κ1) is 26.1. The number of rotatable bonds is 9. The summed E-state index contributed by atoms with van der Waals surface area (Å²) >= 11 is 0. The molecule has 1 saturated heterocycles. The van der Waals surface area contributed by atoms with Crippen LogP contribution in [0.3, 0.4) is 0 Å². The standard InChI is InChI=1S/C21H33N7O3.HI/c1-16-25-26-20(27(16)2)15-23-21(22-8-5-9-28-10-12-31-13-11-28)24-17-6-7-18(29-3)19(14-17)30-4;/h6-7,14H,5,8-13,15H2,1-4H3,(H2,22,23,24);1H. The van der Waals surface area contributed by atoms with Gasteiger partial charge in [0.15, 0.2) is 23.3 Å². The molecule has 2 aromatic rings. The van der Waals surface area contributed by atoms with Crippen molar-refractivity contribution in [3.8, 4) is 11.5 Å². The molecule has 0 aliphatic carbocycles. The van der Waals surface area contributed by atoms with E-state index in [1.165, 1.54) is 0 Å². The number of anilines is 1. The number of aromatic nitrogens is 3. The SMILES string of the molecule is COc1ccc(NC(=NCc2nnc(C)n2C)NCCCN2CCOCC2)cc1OC.I. The van der Waals surface area contributed by atoms with Crippen LogP contribution >= 0.6 is 24.0 Å². The summed E-state index contributed by atoms with van der Waals surface area (Å²) in [6.45, 7) is 7.80. The second kappa shape index (κ2) is 13.4. The van der Waals surface area contributed by atoms with Gasteiger partial charge in [0.05, 0.1) is 27.4 Å². The highest BCUT2D eigenvalue weighted by molar-refractivity contribution is 14.0. The van der Waals surface area contributed by atoms with Gasteiger partial charge in [-0.2, -0.15) is 0 Å². The van der Waals surface area contributed by atoms with E-state index in [-0.39, 0.29) is 24.0 Å². The first-order valence-electron chi connectivity index (χ1n) is 10.5. The van der Waals surface area contributed by atoms with Gasteiger partial charge < -0.3 is 29.4 Å². The van der Waals surface area contributed by atoms with E-state index in [0.717, 1.165) is 63.1 Å². The van der Waals surface area contributed by atoms with Gasteiger partial charge in [0.2, 0.25) is 0 Å². The molecular weight excluding hydrogens is 525 g/mol. The molecule has 32 heavy (non-hydrogen) atoms. The number of halogens is 1. The molecule has 1 aromatic carbocycles. The third kappa shape index (κ3) is 7.48. The van der Waals surface area contributed by atoms with Crippen molar-refractivity contribution in [3.63, 3.8) is 0 Å². The molecule has 0 amide bonds. The highest BCUT2D eigenvalue weighted by Gasteiger charge is 2.11. The maximum absolute atomic E-state index is 5.41. The number of methoxy groups -OCH3 is 2. The lowest BCUT2D eigenvalue weighted by Gasteiger charge is -2.26. The molecule has 0 radical (unpaired) electrons. The Morgan fingerprint density at radius 3 is 2.56 bits per heavy atom. The van der Waals surface area contributed by atoms with Crippen LogP contribution in [0.4, 0.5) is 5.69 Å². The van der Waals surface area contributed by atoms with Crippen LogP contribution < -0.4 is 20.1 Å². The summed E-state index contributed by atoms with van der Waals surface area (Å²) in [5, 5.41) is 15.1. The molecule has 3 rings (SSSR count). The van der Waals surface area contributed by atoms with E-state index in [0.29, 0.717) is 24.0 Å². The predicted octanol–water partition coefficient (Wildman–Crippen LogP) is 2.04. The molecule has 11 heteroatoms. The van der Waals surface area contributed by atoms with Gasteiger partial charge in [0, 0.05) is 38.4 Å². The second-order valence-corrected chi connectivity index (χ2v) is 7.32. The van der Waals surface area contributed by atoms with Crippen LogP contribution in [0.5, 0.6) is 11.5 Å². The van der Waals surface area contributed by atoms with E-state index < -0.39 is 0 Å². The average Bonchev–Trinajstić information content (AvgIpc) is 3.12. The zero-order valence-corrected chi connectivity index (χ0v) is 21.6. The first-order chi connectivity index (χ1) is 15.1. The lowest BCUT2D eigenvalue weighted by atomic mass is 10.2. The molecule has 2 N–H and O–H groups in total. The van der Waals surface area contributed by atoms with Gasteiger partial charge in [-0.05, 0) is 32.0 Å². The number of morpholine rings is 1. The molecule has 1 fully saturated rings. The molecule has 0 saturated carbocycles. The molecule has 1 aromatic heterocycles. The van der Waals surface area contributed by atoms with Crippen molar-refractivity contribution < 1.29 is 14.2 Å². The number of hydrogen-bond acceptors (Lipinski definition) is 7. The molecule has 1 aliphatic rings. The summed E-state index contributed by atoms with van der Waals surface area (Å²) in [7, 11) is 5.19. The van der Waals surface area contributed by atoms with Crippen LogP contribution in [-0.2, 0) is 18.3 Å². The quantitative estimate of drug-likeness (QED) is 0.209. The highest BCUT2D eigenvalue weighted by Crippen LogP contribution is 2.29. The van der Waals surface area contributed by atoms with Crippen molar-refractivity contribution in [1.82, 2.24) is 25.0 Å². The number of nitrogens with one attached hydrogen (secondary N) is 2. The number of guanidine groups is 1. The van der Waals surface area contributed by atoms with Crippen LogP contribution in [0.25, 0.3) is 0 Å². The number of ether oxygens (including phenoxy) is 3. The highest BCUT2D eigenvalue weighted by atomic mass is 127. The number of nitrogens with zero attached hydrogens (tertiary/aromatic N) is 5. The minimum Gasteiger partial charge on any atom is -0.493 e. The maximum Gasteiger partial charge on any atom is 0.196 e. The lowest BCUT2D eigenvalue weighted by Crippen LogP contribution is -2.39. The number of aryl methyl sites for hydroxylation is 1. The van der Waals surface area contributed by atoms with E-state index in [2.05, 4.69) is 25.7 Å². The summed E-state index contributed by atoms with van der Waals surface area (Å²) in [6, 6.07) is 5.68. The van der Waals surface area contributed by atoms with E-state index in [9.17, 15) is 0 Å². The molecule has 0 bridgehead atoms. The fraction of sp³-hybridized carbons (Fsp3) is 0.571. The Hall–Kier alpha value is -2.12. The van der Waals surface area contributed by atoms with E-state index >= 15 is 0 Å². The van der Waals surface area contributed by atoms with E-state index in [1.54, 1.807) is 14.2 Å². The number of hydrogen-bond donors (Lipinski definition) is 2. The van der Waals surface area contributed by atoms with Crippen molar-refractivity contribution in [3.05, 3.63) is 29.8 Å². The molecule has 2 heterocycles. The third-order valence-corrected chi connectivity index (χ3v) is 5.25. The smallest absolute Gasteiger partial charge is 0.196 e.